The average Bonchev–Trinajstić information content (AvgIpc) is 3.70. The first-order chi connectivity index (χ1) is 21.2. The molecule has 1 atom stereocenters. The molecule has 0 spiro atoms. The van der Waals surface area contributed by atoms with Crippen molar-refractivity contribution in [2.45, 2.75) is 38.6 Å². The number of rotatable bonds is 11. The highest BCUT2D eigenvalue weighted by Gasteiger charge is 2.32. The summed E-state index contributed by atoms with van der Waals surface area (Å²) in [6.45, 7) is 2.84. The van der Waals surface area contributed by atoms with Crippen LogP contribution in [0, 0.1) is 0 Å². The van der Waals surface area contributed by atoms with Gasteiger partial charge in [0.15, 0.2) is 17.3 Å². The number of aryl methyl sites for hydroxylation is 2. The quantitative estimate of drug-likeness (QED) is 0.249. The SMILES string of the molecule is CCOC(=O)c1nc(NC(=O)c2cc(NC(=O)CCCOc3cc4c(cc3OC)C(=O)N3CCCC3C=N4)cn2C)cn1C. The molecule has 0 saturated carbocycles. The first-order valence-corrected chi connectivity index (χ1v) is 14.4. The number of nitrogens with zero attached hydrogens (tertiary/aromatic N) is 5. The number of amides is 3. The molecule has 4 heterocycles. The predicted molar refractivity (Wildman–Crippen MR) is 161 cm³/mol. The van der Waals surface area contributed by atoms with Gasteiger partial charge in [-0.2, -0.15) is 0 Å². The normalized spacial score (nSPS) is 15.3. The maximum Gasteiger partial charge on any atom is 0.374 e. The first kappa shape index (κ1) is 30.3. The number of hydrogen-bond acceptors (Lipinski definition) is 9. The molecule has 2 aromatic heterocycles. The van der Waals surface area contributed by atoms with Gasteiger partial charge in [-0.1, -0.05) is 0 Å². The van der Waals surface area contributed by atoms with Gasteiger partial charge >= 0.3 is 5.97 Å². The Bertz CT molecular complexity index is 1620. The van der Waals surface area contributed by atoms with Crippen molar-refractivity contribution in [1.82, 2.24) is 19.0 Å². The zero-order valence-corrected chi connectivity index (χ0v) is 25.1. The molecule has 232 valence electrons. The Morgan fingerprint density at radius 1 is 1.07 bits per heavy atom. The van der Waals surface area contributed by atoms with Gasteiger partial charge in [0.1, 0.15) is 5.69 Å². The molecule has 1 aromatic carbocycles. The Hall–Kier alpha value is -5.14. The van der Waals surface area contributed by atoms with Gasteiger partial charge in [-0.15, -0.1) is 0 Å². The number of esters is 1. The van der Waals surface area contributed by atoms with Crippen LogP contribution >= 0.6 is 0 Å². The van der Waals surface area contributed by atoms with Crippen LogP contribution in [0.1, 0.15) is 64.1 Å². The van der Waals surface area contributed by atoms with E-state index in [2.05, 4.69) is 20.6 Å². The second-order valence-corrected chi connectivity index (χ2v) is 10.5. The smallest absolute Gasteiger partial charge is 0.374 e. The predicted octanol–water partition coefficient (Wildman–Crippen LogP) is 3.31. The molecule has 0 bridgehead atoms. The van der Waals surface area contributed by atoms with E-state index in [-0.39, 0.29) is 54.8 Å². The van der Waals surface area contributed by atoms with E-state index in [1.165, 1.54) is 17.9 Å². The lowest BCUT2D eigenvalue weighted by Gasteiger charge is -2.20. The molecule has 14 heteroatoms. The number of nitrogens with one attached hydrogen (secondary N) is 2. The summed E-state index contributed by atoms with van der Waals surface area (Å²) in [6.07, 6.45) is 7.38. The van der Waals surface area contributed by atoms with Crippen LogP contribution in [0.5, 0.6) is 11.5 Å². The zero-order valence-electron chi connectivity index (χ0n) is 25.1. The molecule has 3 amide bonds. The largest absolute Gasteiger partial charge is 0.493 e. The molecule has 3 aromatic rings. The van der Waals surface area contributed by atoms with E-state index in [0.717, 1.165) is 12.8 Å². The van der Waals surface area contributed by atoms with Gasteiger partial charge in [-0.05, 0) is 38.3 Å². The van der Waals surface area contributed by atoms with Crippen molar-refractivity contribution in [2.24, 2.45) is 19.1 Å². The van der Waals surface area contributed by atoms with E-state index in [0.29, 0.717) is 41.4 Å². The molecule has 14 nitrogen and oxygen atoms in total. The van der Waals surface area contributed by atoms with Gasteiger partial charge in [0.25, 0.3) is 11.8 Å². The lowest BCUT2D eigenvalue weighted by atomic mass is 10.1. The number of anilines is 2. The minimum Gasteiger partial charge on any atom is -0.493 e. The fourth-order valence-corrected chi connectivity index (χ4v) is 5.21. The van der Waals surface area contributed by atoms with E-state index >= 15 is 0 Å². The van der Waals surface area contributed by atoms with Crippen LogP contribution in [0.4, 0.5) is 17.2 Å². The third-order valence-electron chi connectivity index (χ3n) is 7.36. The van der Waals surface area contributed by atoms with Gasteiger partial charge in [0.05, 0.1) is 43.3 Å². The van der Waals surface area contributed by atoms with Crippen LogP contribution in [0.25, 0.3) is 0 Å². The summed E-state index contributed by atoms with van der Waals surface area (Å²) in [4.78, 5) is 61.0. The van der Waals surface area contributed by atoms with Gasteiger partial charge in [0.2, 0.25) is 11.7 Å². The van der Waals surface area contributed by atoms with Crippen molar-refractivity contribution in [1.29, 1.82) is 0 Å². The minimum absolute atomic E-state index is 0.00531. The van der Waals surface area contributed by atoms with Crippen LogP contribution < -0.4 is 20.1 Å². The number of carbonyl (C=O) groups is 4. The number of benzene rings is 1. The van der Waals surface area contributed by atoms with Crippen molar-refractivity contribution in [3.8, 4) is 11.5 Å². The van der Waals surface area contributed by atoms with Crippen molar-refractivity contribution < 1.29 is 33.4 Å². The third kappa shape index (κ3) is 6.43. The summed E-state index contributed by atoms with van der Waals surface area (Å²) in [5.74, 6) is -0.244. The Morgan fingerprint density at radius 2 is 1.89 bits per heavy atom. The zero-order chi connectivity index (χ0) is 31.4. The molecule has 2 N–H and O–H groups in total. The van der Waals surface area contributed by atoms with Crippen LogP contribution in [0.3, 0.4) is 0 Å². The molecule has 1 saturated heterocycles. The Kier molecular flexibility index (Phi) is 8.97. The fourth-order valence-electron chi connectivity index (χ4n) is 5.21. The monoisotopic (exact) mass is 605 g/mol. The number of ether oxygens (including phenoxy) is 3. The fraction of sp³-hybridized carbons (Fsp3) is 0.400. The van der Waals surface area contributed by atoms with Gasteiger partial charge in [-0.3, -0.25) is 19.4 Å². The number of imidazole rings is 1. The number of methoxy groups -OCH3 is 1. The highest BCUT2D eigenvalue weighted by molar-refractivity contribution is 6.05. The highest BCUT2D eigenvalue weighted by Crippen LogP contribution is 2.38. The molecular formula is C30H35N7O7. The molecule has 1 fully saturated rings. The molecule has 0 aliphatic carbocycles. The molecular weight excluding hydrogens is 570 g/mol. The van der Waals surface area contributed by atoms with Crippen LogP contribution in [0.2, 0.25) is 0 Å². The summed E-state index contributed by atoms with van der Waals surface area (Å²) in [5.41, 5.74) is 1.74. The maximum atomic E-state index is 13.0. The Labute approximate surface area is 254 Å². The van der Waals surface area contributed by atoms with Gasteiger partial charge in [0, 0.05) is 51.7 Å². The van der Waals surface area contributed by atoms with E-state index in [9.17, 15) is 19.2 Å². The second-order valence-electron chi connectivity index (χ2n) is 10.5. The molecule has 0 radical (unpaired) electrons. The molecule has 5 rings (SSSR count). The lowest BCUT2D eigenvalue weighted by molar-refractivity contribution is -0.116. The summed E-state index contributed by atoms with van der Waals surface area (Å²) >= 11 is 0. The third-order valence-corrected chi connectivity index (χ3v) is 7.36. The highest BCUT2D eigenvalue weighted by atomic mass is 16.5. The Morgan fingerprint density at radius 3 is 2.66 bits per heavy atom. The molecule has 44 heavy (non-hydrogen) atoms. The van der Waals surface area contributed by atoms with E-state index in [1.807, 2.05) is 11.1 Å². The van der Waals surface area contributed by atoms with Crippen molar-refractivity contribution in [2.75, 3.05) is 37.5 Å². The van der Waals surface area contributed by atoms with Gasteiger partial charge in [-0.25, -0.2) is 9.78 Å². The standard InChI is InChI=1S/C30H35N7O7/c1-5-43-30(41)27-33-25(17-36(27)3)34-28(39)22-12-18(16-35(22)2)32-26(38)9-7-11-44-24-14-21-20(13-23(24)42-4)29(40)37-10-6-8-19(37)15-31-21/h12-17,19H,5-11H2,1-4H3,(H,32,38)(H,34,39). The lowest BCUT2D eigenvalue weighted by Crippen LogP contribution is -2.35. The molecule has 2 aliphatic heterocycles. The van der Waals surface area contributed by atoms with Crippen molar-refractivity contribution in [3.63, 3.8) is 0 Å². The Balaban J connectivity index is 1.13. The maximum absolute atomic E-state index is 13.0. The topological polar surface area (TPSA) is 158 Å². The number of aromatic nitrogens is 3. The van der Waals surface area contributed by atoms with Crippen molar-refractivity contribution >= 4 is 47.1 Å². The molecule has 2 aliphatic rings. The summed E-state index contributed by atoms with van der Waals surface area (Å²) < 4.78 is 19.4. The first-order valence-electron chi connectivity index (χ1n) is 14.4. The summed E-state index contributed by atoms with van der Waals surface area (Å²) in [6, 6.07) is 4.91. The van der Waals surface area contributed by atoms with Gasteiger partial charge < -0.3 is 38.9 Å². The number of fused-ring (bicyclic) bond motifs is 2. The number of carbonyl (C=O) groups excluding carboxylic acids is 4. The van der Waals surface area contributed by atoms with E-state index < -0.39 is 11.9 Å². The van der Waals surface area contributed by atoms with Crippen LogP contribution in [0.15, 0.2) is 35.6 Å². The summed E-state index contributed by atoms with van der Waals surface area (Å²) in [7, 11) is 4.81. The minimum atomic E-state index is -0.590. The van der Waals surface area contributed by atoms with E-state index in [1.54, 1.807) is 50.0 Å². The average molecular weight is 606 g/mol. The van der Waals surface area contributed by atoms with Crippen molar-refractivity contribution in [3.05, 3.63) is 47.7 Å². The summed E-state index contributed by atoms with van der Waals surface area (Å²) in [5, 5.41) is 5.45. The second kappa shape index (κ2) is 13.0. The van der Waals surface area contributed by atoms with E-state index in [4.69, 9.17) is 14.2 Å². The van der Waals surface area contributed by atoms with Crippen LogP contribution in [-0.4, -0.2) is 81.8 Å². The molecule has 1 unspecified atom stereocenters. The number of aliphatic imine (C=N–C) groups is 1. The van der Waals surface area contributed by atoms with Crippen LogP contribution in [-0.2, 0) is 23.6 Å². The number of hydrogen-bond donors (Lipinski definition) is 2.